The van der Waals surface area contributed by atoms with Gasteiger partial charge in [-0.15, -0.1) is 0 Å². The van der Waals surface area contributed by atoms with E-state index in [4.69, 9.17) is 0 Å². The molecule has 0 aromatic heterocycles. The van der Waals surface area contributed by atoms with Gasteiger partial charge in [0.2, 0.25) is 0 Å². The predicted octanol–water partition coefficient (Wildman–Crippen LogP) is 4.26. The van der Waals surface area contributed by atoms with E-state index < -0.39 is 0 Å². The Morgan fingerprint density at radius 3 is 2.57 bits per heavy atom. The van der Waals surface area contributed by atoms with Crippen LogP contribution in [0.15, 0.2) is 48.5 Å². The highest BCUT2D eigenvalue weighted by atomic mass is 14.0. The zero-order valence-electron chi connectivity index (χ0n) is 8.40. The summed E-state index contributed by atoms with van der Waals surface area (Å²) < 4.78 is 0. The fourth-order valence-electron chi connectivity index (χ4n) is 1.57. The zero-order chi connectivity index (χ0) is 9.80. The molecule has 2 aromatic rings. The third-order valence-corrected chi connectivity index (χ3v) is 2.32. The Kier molecular flexibility index (Phi) is 2.64. The second-order valence-electron chi connectivity index (χ2n) is 3.42. The summed E-state index contributed by atoms with van der Waals surface area (Å²) in [6.45, 7) is 2.15. The van der Waals surface area contributed by atoms with Crippen LogP contribution in [-0.4, -0.2) is 0 Å². The summed E-state index contributed by atoms with van der Waals surface area (Å²) in [4.78, 5) is 0. The molecule has 0 spiro atoms. The van der Waals surface area contributed by atoms with Crippen LogP contribution in [0.25, 0.3) is 16.8 Å². The molecule has 0 nitrogen and oxygen atoms in total. The van der Waals surface area contributed by atoms with Crippen LogP contribution in [0.5, 0.6) is 0 Å². The molecule has 2 rings (SSSR count). The molecular formula is C14H14. The Morgan fingerprint density at radius 2 is 1.79 bits per heavy atom. The third-order valence-electron chi connectivity index (χ3n) is 2.32. The van der Waals surface area contributed by atoms with Crippen LogP contribution in [0, 0.1) is 0 Å². The first kappa shape index (κ1) is 9.01. The van der Waals surface area contributed by atoms with E-state index in [9.17, 15) is 0 Å². The van der Waals surface area contributed by atoms with Gasteiger partial charge in [-0.1, -0.05) is 55.5 Å². The highest BCUT2D eigenvalue weighted by Gasteiger charge is 1.91. The van der Waals surface area contributed by atoms with E-state index in [0.717, 1.165) is 6.42 Å². The zero-order valence-corrected chi connectivity index (χ0v) is 8.40. The molecule has 0 bridgehead atoms. The number of hydrogen-bond donors (Lipinski definition) is 0. The molecule has 0 saturated heterocycles. The number of hydrogen-bond acceptors (Lipinski definition) is 0. The maximum atomic E-state index is 2.22. The highest BCUT2D eigenvalue weighted by Crippen LogP contribution is 2.16. The van der Waals surface area contributed by atoms with Gasteiger partial charge in [-0.25, -0.2) is 0 Å². The molecule has 0 N–H and O–H groups in total. The SMILES string of the molecule is CC/C=C/c1ccc2ccccc2c1. The van der Waals surface area contributed by atoms with Crippen molar-refractivity contribution >= 4 is 16.8 Å². The van der Waals surface area contributed by atoms with Crippen LogP contribution in [-0.2, 0) is 0 Å². The fourth-order valence-corrected chi connectivity index (χ4v) is 1.57. The Bertz CT molecular complexity index is 452. The normalized spacial score (nSPS) is 11.2. The summed E-state index contributed by atoms with van der Waals surface area (Å²) in [5, 5.41) is 2.62. The second kappa shape index (κ2) is 4.10. The second-order valence-corrected chi connectivity index (χ2v) is 3.42. The van der Waals surface area contributed by atoms with Crippen molar-refractivity contribution in [3.05, 3.63) is 54.1 Å². The molecular weight excluding hydrogens is 168 g/mol. The van der Waals surface area contributed by atoms with Gasteiger partial charge in [-0.2, -0.15) is 0 Å². The van der Waals surface area contributed by atoms with Crippen molar-refractivity contribution < 1.29 is 0 Å². The summed E-state index contributed by atoms with van der Waals surface area (Å²) >= 11 is 0. The van der Waals surface area contributed by atoms with Gasteiger partial charge >= 0.3 is 0 Å². The maximum absolute atomic E-state index is 2.22. The third kappa shape index (κ3) is 1.85. The van der Waals surface area contributed by atoms with Crippen LogP contribution in [0.4, 0.5) is 0 Å². The van der Waals surface area contributed by atoms with Gasteiger partial charge in [0.25, 0.3) is 0 Å². The predicted molar refractivity (Wildman–Crippen MR) is 63.3 cm³/mol. The lowest BCUT2D eigenvalue weighted by Gasteiger charge is -1.98. The number of rotatable bonds is 2. The van der Waals surface area contributed by atoms with Crippen molar-refractivity contribution in [1.82, 2.24) is 0 Å². The Hall–Kier alpha value is -1.56. The minimum absolute atomic E-state index is 1.09. The molecule has 14 heavy (non-hydrogen) atoms. The van der Waals surface area contributed by atoms with Crippen molar-refractivity contribution in [2.75, 3.05) is 0 Å². The van der Waals surface area contributed by atoms with Crippen LogP contribution in [0.3, 0.4) is 0 Å². The van der Waals surface area contributed by atoms with Gasteiger partial charge in [0.15, 0.2) is 0 Å². The van der Waals surface area contributed by atoms with Crippen molar-refractivity contribution in [1.29, 1.82) is 0 Å². The summed E-state index contributed by atoms with van der Waals surface area (Å²) in [7, 11) is 0. The van der Waals surface area contributed by atoms with Gasteiger partial charge in [0.05, 0.1) is 0 Å². The van der Waals surface area contributed by atoms with Crippen molar-refractivity contribution in [3.8, 4) is 0 Å². The van der Waals surface area contributed by atoms with E-state index in [-0.39, 0.29) is 0 Å². The van der Waals surface area contributed by atoms with Crippen LogP contribution >= 0.6 is 0 Å². The fraction of sp³-hybridized carbons (Fsp3) is 0.143. The first-order valence-corrected chi connectivity index (χ1v) is 5.05. The van der Waals surface area contributed by atoms with Crippen LogP contribution < -0.4 is 0 Å². The average molecular weight is 182 g/mol. The average Bonchev–Trinajstić information content (AvgIpc) is 2.26. The summed E-state index contributed by atoms with van der Waals surface area (Å²) in [6.07, 6.45) is 5.45. The minimum Gasteiger partial charge on any atom is -0.0842 e. The van der Waals surface area contributed by atoms with Crippen molar-refractivity contribution in [2.24, 2.45) is 0 Å². The lowest BCUT2D eigenvalue weighted by atomic mass is 10.1. The standard InChI is InChI=1S/C14H14/c1-2-3-6-12-9-10-13-7-4-5-8-14(13)11-12/h3-11H,2H2,1H3/b6-3+. The largest absolute Gasteiger partial charge is 0.0842 e. The van der Waals surface area contributed by atoms with Gasteiger partial charge in [-0.05, 0) is 28.8 Å². The molecule has 0 amide bonds. The molecule has 2 aromatic carbocycles. The highest BCUT2D eigenvalue weighted by molar-refractivity contribution is 5.84. The van der Waals surface area contributed by atoms with Crippen LogP contribution in [0.1, 0.15) is 18.9 Å². The lowest BCUT2D eigenvalue weighted by molar-refractivity contribution is 1.23. The van der Waals surface area contributed by atoms with E-state index in [1.165, 1.54) is 16.3 Å². The molecule has 0 aliphatic carbocycles. The molecule has 0 radical (unpaired) electrons. The molecule has 0 unspecified atom stereocenters. The quantitative estimate of drug-likeness (QED) is 0.651. The van der Waals surface area contributed by atoms with Gasteiger partial charge in [0.1, 0.15) is 0 Å². The Morgan fingerprint density at radius 1 is 1.00 bits per heavy atom. The number of allylic oxidation sites excluding steroid dienone is 1. The minimum atomic E-state index is 1.09. The number of fused-ring (bicyclic) bond motifs is 1. The molecule has 0 atom stereocenters. The topological polar surface area (TPSA) is 0 Å². The van der Waals surface area contributed by atoms with Gasteiger partial charge in [0, 0.05) is 0 Å². The van der Waals surface area contributed by atoms with Crippen LogP contribution in [0.2, 0.25) is 0 Å². The molecule has 0 aliphatic heterocycles. The Labute approximate surface area is 84.9 Å². The maximum Gasteiger partial charge on any atom is -0.0178 e. The van der Waals surface area contributed by atoms with E-state index in [2.05, 4.69) is 61.5 Å². The molecule has 0 saturated carbocycles. The number of benzene rings is 2. The van der Waals surface area contributed by atoms with E-state index in [0.29, 0.717) is 0 Å². The molecule has 0 heteroatoms. The van der Waals surface area contributed by atoms with E-state index in [1.54, 1.807) is 0 Å². The smallest absolute Gasteiger partial charge is 0.0178 e. The molecule has 0 heterocycles. The molecule has 70 valence electrons. The first-order valence-electron chi connectivity index (χ1n) is 5.05. The Balaban J connectivity index is 2.46. The van der Waals surface area contributed by atoms with Crippen molar-refractivity contribution in [3.63, 3.8) is 0 Å². The van der Waals surface area contributed by atoms with Gasteiger partial charge < -0.3 is 0 Å². The lowest BCUT2D eigenvalue weighted by Crippen LogP contribution is -1.74. The summed E-state index contributed by atoms with van der Waals surface area (Å²) in [6, 6.07) is 15.0. The van der Waals surface area contributed by atoms with Crippen molar-refractivity contribution in [2.45, 2.75) is 13.3 Å². The van der Waals surface area contributed by atoms with E-state index >= 15 is 0 Å². The van der Waals surface area contributed by atoms with E-state index in [1.807, 2.05) is 0 Å². The summed E-state index contributed by atoms with van der Waals surface area (Å²) in [5.74, 6) is 0. The first-order chi connectivity index (χ1) is 6.90. The monoisotopic (exact) mass is 182 g/mol. The van der Waals surface area contributed by atoms with Gasteiger partial charge in [-0.3, -0.25) is 0 Å². The molecule has 0 aliphatic rings. The molecule has 0 fully saturated rings. The summed E-state index contributed by atoms with van der Waals surface area (Å²) in [5.41, 5.74) is 1.28.